The summed E-state index contributed by atoms with van der Waals surface area (Å²) in [7, 11) is 0. The van der Waals surface area contributed by atoms with Crippen LogP contribution in [0.4, 0.5) is 8.78 Å². The highest BCUT2D eigenvalue weighted by atomic mass is 19.1. The predicted molar refractivity (Wildman–Crippen MR) is 64.0 cm³/mol. The Hall–Kier alpha value is -1.75. The van der Waals surface area contributed by atoms with Crippen molar-refractivity contribution in [3.05, 3.63) is 41.3 Å². The Balaban J connectivity index is 2.31. The summed E-state index contributed by atoms with van der Waals surface area (Å²) in [6, 6.07) is 2.24. The van der Waals surface area contributed by atoms with Gasteiger partial charge in [-0.25, -0.2) is 13.8 Å². The van der Waals surface area contributed by atoms with Crippen LogP contribution >= 0.6 is 0 Å². The molecule has 18 heavy (non-hydrogen) atoms. The molecular weight excluding hydrogens is 238 g/mol. The highest BCUT2D eigenvalue weighted by Gasteiger charge is 2.14. The number of rotatable bonds is 4. The largest absolute Gasteiger partial charge is 0.444 e. The van der Waals surface area contributed by atoms with Crippen LogP contribution in [0.3, 0.4) is 0 Å². The minimum atomic E-state index is -0.671. The maximum atomic E-state index is 13.6. The lowest BCUT2D eigenvalue weighted by Gasteiger charge is -2.01. The molecule has 0 unspecified atom stereocenters. The van der Waals surface area contributed by atoms with Crippen molar-refractivity contribution >= 4 is 0 Å². The highest BCUT2D eigenvalue weighted by molar-refractivity contribution is 5.55. The minimum Gasteiger partial charge on any atom is -0.444 e. The van der Waals surface area contributed by atoms with Gasteiger partial charge in [0.1, 0.15) is 17.9 Å². The summed E-state index contributed by atoms with van der Waals surface area (Å²) < 4.78 is 32.0. The zero-order chi connectivity index (χ0) is 13.1. The lowest BCUT2D eigenvalue weighted by molar-refractivity contribution is 0.550. The maximum Gasteiger partial charge on any atom is 0.229 e. The molecular formula is C13H14F2N2O. The van der Waals surface area contributed by atoms with Crippen LogP contribution in [0, 0.1) is 18.6 Å². The van der Waals surface area contributed by atoms with Gasteiger partial charge in [0.2, 0.25) is 5.89 Å². The SMILES string of the molecule is CCNCc1coc(-c2cc(C)c(F)cc2F)n1. The first-order valence-corrected chi connectivity index (χ1v) is 5.73. The number of nitrogens with one attached hydrogen (secondary N) is 1. The van der Waals surface area contributed by atoms with Gasteiger partial charge in [-0.15, -0.1) is 0 Å². The molecule has 0 radical (unpaired) electrons. The quantitative estimate of drug-likeness (QED) is 0.908. The molecule has 0 bridgehead atoms. The number of aryl methyl sites for hydroxylation is 1. The second-order valence-corrected chi connectivity index (χ2v) is 4.01. The van der Waals surface area contributed by atoms with Crippen LogP contribution in [0.1, 0.15) is 18.2 Å². The molecule has 1 aromatic heterocycles. The first-order valence-electron chi connectivity index (χ1n) is 5.73. The Morgan fingerprint density at radius 2 is 2.06 bits per heavy atom. The molecule has 0 saturated heterocycles. The molecule has 0 saturated carbocycles. The lowest BCUT2D eigenvalue weighted by Crippen LogP contribution is -2.11. The number of aromatic nitrogens is 1. The van der Waals surface area contributed by atoms with Crippen LogP contribution in [0.25, 0.3) is 11.5 Å². The average molecular weight is 252 g/mol. The standard InChI is InChI=1S/C13H14F2N2O/c1-3-16-6-9-7-18-13(17-9)10-4-8(2)11(14)5-12(10)15/h4-5,7,16H,3,6H2,1-2H3. The molecule has 0 amide bonds. The van der Waals surface area contributed by atoms with Gasteiger partial charge >= 0.3 is 0 Å². The molecule has 0 aliphatic heterocycles. The fourth-order valence-corrected chi connectivity index (χ4v) is 1.59. The molecule has 2 aromatic rings. The third-order valence-corrected chi connectivity index (χ3v) is 2.59. The summed E-state index contributed by atoms with van der Waals surface area (Å²) in [4.78, 5) is 4.16. The van der Waals surface area contributed by atoms with E-state index >= 15 is 0 Å². The summed E-state index contributed by atoms with van der Waals surface area (Å²) in [6.45, 7) is 4.92. The van der Waals surface area contributed by atoms with E-state index in [2.05, 4.69) is 10.3 Å². The zero-order valence-corrected chi connectivity index (χ0v) is 10.3. The van der Waals surface area contributed by atoms with Crippen LogP contribution in [-0.2, 0) is 6.54 Å². The van der Waals surface area contributed by atoms with Crippen molar-refractivity contribution in [2.45, 2.75) is 20.4 Å². The number of oxazole rings is 1. The summed E-state index contributed by atoms with van der Waals surface area (Å²) >= 11 is 0. The molecule has 5 heteroatoms. The molecule has 0 spiro atoms. The van der Waals surface area contributed by atoms with Crippen molar-refractivity contribution in [2.24, 2.45) is 0 Å². The molecule has 1 aromatic carbocycles. The lowest BCUT2D eigenvalue weighted by atomic mass is 10.1. The van der Waals surface area contributed by atoms with Gasteiger partial charge in [-0.2, -0.15) is 0 Å². The van der Waals surface area contributed by atoms with Crippen molar-refractivity contribution in [3.63, 3.8) is 0 Å². The Kier molecular flexibility index (Phi) is 3.72. The third-order valence-electron chi connectivity index (χ3n) is 2.59. The normalized spacial score (nSPS) is 10.9. The van der Waals surface area contributed by atoms with E-state index in [0.29, 0.717) is 17.8 Å². The smallest absolute Gasteiger partial charge is 0.229 e. The zero-order valence-electron chi connectivity index (χ0n) is 10.3. The van der Waals surface area contributed by atoms with Crippen molar-refractivity contribution in [1.29, 1.82) is 0 Å². The Morgan fingerprint density at radius 3 is 2.78 bits per heavy atom. The van der Waals surface area contributed by atoms with E-state index in [-0.39, 0.29) is 11.5 Å². The summed E-state index contributed by atoms with van der Waals surface area (Å²) in [5.41, 5.74) is 1.22. The van der Waals surface area contributed by atoms with Crippen molar-refractivity contribution < 1.29 is 13.2 Å². The van der Waals surface area contributed by atoms with Gasteiger partial charge in [-0.05, 0) is 25.1 Å². The van der Waals surface area contributed by atoms with Crippen molar-refractivity contribution in [3.8, 4) is 11.5 Å². The average Bonchev–Trinajstić information content (AvgIpc) is 2.79. The van der Waals surface area contributed by atoms with E-state index in [0.717, 1.165) is 12.6 Å². The van der Waals surface area contributed by atoms with Crippen molar-refractivity contribution in [2.75, 3.05) is 6.54 Å². The van der Waals surface area contributed by atoms with E-state index < -0.39 is 11.6 Å². The first-order chi connectivity index (χ1) is 8.61. The Morgan fingerprint density at radius 1 is 1.28 bits per heavy atom. The number of hydrogen-bond donors (Lipinski definition) is 1. The van der Waals surface area contributed by atoms with Gasteiger partial charge in [0.05, 0.1) is 11.3 Å². The van der Waals surface area contributed by atoms with Gasteiger partial charge < -0.3 is 9.73 Å². The fraction of sp³-hybridized carbons (Fsp3) is 0.308. The molecule has 3 nitrogen and oxygen atoms in total. The maximum absolute atomic E-state index is 13.6. The van der Waals surface area contributed by atoms with Gasteiger partial charge in [0, 0.05) is 12.6 Å². The molecule has 1 N–H and O–H groups in total. The number of hydrogen-bond acceptors (Lipinski definition) is 3. The molecule has 96 valence electrons. The van der Waals surface area contributed by atoms with E-state index in [1.807, 2.05) is 6.92 Å². The molecule has 0 aliphatic rings. The molecule has 0 atom stereocenters. The summed E-state index contributed by atoms with van der Waals surface area (Å²) in [5.74, 6) is -1.07. The number of benzene rings is 1. The Bertz CT molecular complexity index is 552. The van der Waals surface area contributed by atoms with Gasteiger partial charge in [0.25, 0.3) is 0 Å². The summed E-state index contributed by atoms with van der Waals surface area (Å²) in [6.07, 6.45) is 1.47. The molecule has 2 rings (SSSR count). The van der Waals surface area contributed by atoms with Crippen LogP contribution in [-0.4, -0.2) is 11.5 Å². The van der Waals surface area contributed by atoms with Gasteiger partial charge in [-0.3, -0.25) is 0 Å². The molecule has 0 aliphatic carbocycles. The van der Waals surface area contributed by atoms with Crippen LogP contribution in [0.5, 0.6) is 0 Å². The van der Waals surface area contributed by atoms with E-state index in [1.165, 1.54) is 12.3 Å². The molecule has 0 fully saturated rings. The fourth-order valence-electron chi connectivity index (χ4n) is 1.59. The predicted octanol–water partition coefficient (Wildman–Crippen LogP) is 3.04. The number of halogens is 2. The first kappa shape index (κ1) is 12.7. The van der Waals surface area contributed by atoms with Gasteiger partial charge in [-0.1, -0.05) is 6.92 Å². The summed E-state index contributed by atoms with van der Waals surface area (Å²) in [5, 5.41) is 3.09. The second-order valence-electron chi connectivity index (χ2n) is 4.01. The van der Waals surface area contributed by atoms with E-state index in [1.54, 1.807) is 6.92 Å². The monoisotopic (exact) mass is 252 g/mol. The Labute approximate surface area is 104 Å². The topological polar surface area (TPSA) is 38.1 Å². The third kappa shape index (κ3) is 2.56. The second kappa shape index (κ2) is 5.27. The van der Waals surface area contributed by atoms with Crippen LogP contribution in [0.2, 0.25) is 0 Å². The van der Waals surface area contributed by atoms with E-state index in [4.69, 9.17) is 4.42 Å². The van der Waals surface area contributed by atoms with Gasteiger partial charge in [0.15, 0.2) is 0 Å². The van der Waals surface area contributed by atoms with E-state index in [9.17, 15) is 8.78 Å². The number of nitrogens with zero attached hydrogens (tertiary/aromatic N) is 1. The minimum absolute atomic E-state index is 0.170. The van der Waals surface area contributed by atoms with Crippen LogP contribution in [0.15, 0.2) is 22.8 Å². The highest BCUT2D eigenvalue weighted by Crippen LogP contribution is 2.24. The van der Waals surface area contributed by atoms with Crippen LogP contribution < -0.4 is 5.32 Å². The molecule has 1 heterocycles. The van der Waals surface area contributed by atoms with Crippen molar-refractivity contribution in [1.82, 2.24) is 10.3 Å².